The lowest BCUT2D eigenvalue weighted by Crippen LogP contribution is -1.90. The Labute approximate surface area is 92.5 Å². The van der Waals surface area contributed by atoms with Crippen LogP contribution in [0.25, 0.3) is 11.3 Å². The van der Waals surface area contributed by atoms with Crippen molar-refractivity contribution in [1.82, 2.24) is 4.98 Å². The predicted molar refractivity (Wildman–Crippen MR) is 62.7 cm³/mol. The molecule has 0 aliphatic carbocycles. The van der Waals surface area contributed by atoms with E-state index in [0.29, 0.717) is 6.61 Å². The second-order valence-electron chi connectivity index (χ2n) is 3.20. The molecule has 2 rings (SSSR count). The second-order valence-corrected chi connectivity index (χ2v) is 4.08. The van der Waals surface area contributed by atoms with E-state index in [9.17, 15) is 0 Å². The van der Waals surface area contributed by atoms with E-state index in [1.165, 1.54) is 11.3 Å². The summed E-state index contributed by atoms with van der Waals surface area (Å²) in [7, 11) is 1.68. The van der Waals surface area contributed by atoms with Crippen molar-refractivity contribution >= 4 is 16.3 Å². The number of methoxy groups -OCH3 is 1. The quantitative estimate of drug-likeness (QED) is 0.864. The molecule has 78 valence electrons. The Morgan fingerprint density at radius 1 is 1.47 bits per heavy atom. The third-order valence-corrected chi connectivity index (χ3v) is 2.76. The van der Waals surface area contributed by atoms with Crippen molar-refractivity contribution in [3.8, 4) is 11.3 Å². The van der Waals surface area contributed by atoms with E-state index < -0.39 is 0 Å². The largest absolute Gasteiger partial charge is 0.389 e. The minimum absolute atomic E-state index is 0.609. The van der Waals surface area contributed by atoms with Crippen LogP contribution in [0.3, 0.4) is 0 Å². The van der Waals surface area contributed by atoms with Crippen molar-refractivity contribution in [2.75, 3.05) is 12.8 Å². The zero-order chi connectivity index (χ0) is 10.7. The third kappa shape index (κ3) is 2.16. The molecular formula is C11H12N2OS. The Hall–Kier alpha value is -1.39. The number of rotatable bonds is 3. The molecule has 0 atom stereocenters. The van der Waals surface area contributed by atoms with E-state index >= 15 is 0 Å². The molecule has 2 N–H and O–H groups in total. The average molecular weight is 220 g/mol. The van der Waals surface area contributed by atoms with Crippen LogP contribution in [-0.2, 0) is 11.3 Å². The number of hydrogen-bond donors (Lipinski definition) is 1. The summed E-state index contributed by atoms with van der Waals surface area (Å²) in [6.07, 6.45) is 0. The lowest BCUT2D eigenvalue weighted by molar-refractivity contribution is 0.185. The van der Waals surface area contributed by atoms with Gasteiger partial charge in [-0.2, -0.15) is 0 Å². The van der Waals surface area contributed by atoms with Gasteiger partial charge in [0.2, 0.25) is 0 Å². The normalized spacial score (nSPS) is 10.5. The van der Waals surface area contributed by atoms with Crippen LogP contribution >= 0.6 is 11.3 Å². The van der Waals surface area contributed by atoms with Crippen LogP contribution in [0.1, 0.15) is 5.56 Å². The first-order valence-corrected chi connectivity index (χ1v) is 5.46. The van der Waals surface area contributed by atoms with Gasteiger partial charge in [0, 0.05) is 12.7 Å². The maximum atomic E-state index is 5.82. The topological polar surface area (TPSA) is 48.1 Å². The van der Waals surface area contributed by atoms with Gasteiger partial charge in [-0.1, -0.05) is 18.2 Å². The Morgan fingerprint density at radius 2 is 2.33 bits per heavy atom. The average Bonchev–Trinajstić information content (AvgIpc) is 2.65. The zero-order valence-corrected chi connectivity index (χ0v) is 9.25. The molecule has 1 aromatic carbocycles. The van der Waals surface area contributed by atoms with E-state index in [2.05, 4.69) is 11.1 Å². The van der Waals surface area contributed by atoms with Gasteiger partial charge >= 0.3 is 0 Å². The molecule has 0 fully saturated rings. The summed E-state index contributed by atoms with van der Waals surface area (Å²) < 4.78 is 5.08. The summed E-state index contributed by atoms with van der Waals surface area (Å²) in [5.74, 6) is 0. The fourth-order valence-corrected chi connectivity index (χ4v) is 2.00. The minimum atomic E-state index is 0.609. The highest BCUT2D eigenvalue weighted by atomic mass is 32.1. The Morgan fingerprint density at radius 3 is 3.00 bits per heavy atom. The molecule has 0 aliphatic rings. The molecule has 0 spiro atoms. The summed E-state index contributed by atoms with van der Waals surface area (Å²) in [5, 5.41) is 0.754. The number of ether oxygens (including phenoxy) is 1. The molecule has 0 saturated carbocycles. The molecule has 0 aliphatic heterocycles. The van der Waals surface area contributed by atoms with Crippen molar-refractivity contribution in [2.24, 2.45) is 0 Å². The maximum absolute atomic E-state index is 5.82. The summed E-state index contributed by atoms with van der Waals surface area (Å²) in [6, 6.07) is 8.07. The van der Waals surface area contributed by atoms with Gasteiger partial charge in [0.15, 0.2) is 0 Å². The highest BCUT2D eigenvalue weighted by Crippen LogP contribution is 2.27. The van der Waals surface area contributed by atoms with Crippen LogP contribution in [0.5, 0.6) is 0 Å². The van der Waals surface area contributed by atoms with Crippen LogP contribution in [-0.4, -0.2) is 12.1 Å². The summed E-state index contributed by atoms with van der Waals surface area (Å²) in [4.78, 5) is 4.24. The first kappa shape index (κ1) is 10.1. The molecule has 2 aromatic rings. The van der Waals surface area contributed by atoms with E-state index in [1.807, 2.05) is 18.2 Å². The molecule has 0 amide bonds. The van der Waals surface area contributed by atoms with Crippen LogP contribution in [0.15, 0.2) is 29.8 Å². The standard InChI is InChI=1S/C11H12N2OS/c1-14-6-8-3-2-4-9(5-8)10-11(12)15-7-13-10/h2-5,7H,6,12H2,1H3. The smallest absolute Gasteiger partial charge is 0.114 e. The fourth-order valence-electron chi connectivity index (χ4n) is 1.45. The van der Waals surface area contributed by atoms with Crippen molar-refractivity contribution in [1.29, 1.82) is 0 Å². The van der Waals surface area contributed by atoms with Crippen LogP contribution in [0.2, 0.25) is 0 Å². The highest BCUT2D eigenvalue weighted by molar-refractivity contribution is 7.14. The summed E-state index contributed by atoms with van der Waals surface area (Å²) in [5.41, 5.74) is 10.6. The monoisotopic (exact) mass is 220 g/mol. The number of hydrogen-bond acceptors (Lipinski definition) is 4. The summed E-state index contributed by atoms with van der Waals surface area (Å²) in [6.45, 7) is 0.609. The SMILES string of the molecule is COCc1cccc(-c2ncsc2N)c1. The lowest BCUT2D eigenvalue weighted by Gasteiger charge is -2.03. The number of thiazole rings is 1. The molecule has 1 aromatic heterocycles. The second kappa shape index (κ2) is 4.42. The number of benzene rings is 1. The molecule has 0 bridgehead atoms. The number of nitrogens with two attached hydrogens (primary N) is 1. The Kier molecular flexibility index (Phi) is 2.99. The van der Waals surface area contributed by atoms with E-state index in [-0.39, 0.29) is 0 Å². The van der Waals surface area contributed by atoms with E-state index in [1.54, 1.807) is 12.6 Å². The van der Waals surface area contributed by atoms with Crippen LogP contribution in [0, 0.1) is 0 Å². The van der Waals surface area contributed by atoms with Gasteiger partial charge in [-0.15, -0.1) is 11.3 Å². The Balaban J connectivity index is 2.37. The first-order valence-electron chi connectivity index (χ1n) is 4.58. The molecule has 1 heterocycles. The minimum Gasteiger partial charge on any atom is -0.389 e. The zero-order valence-electron chi connectivity index (χ0n) is 8.43. The first-order chi connectivity index (χ1) is 7.31. The molecule has 3 nitrogen and oxygen atoms in total. The number of nitrogen functional groups attached to an aromatic ring is 1. The molecule has 0 radical (unpaired) electrons. The number of anilines is 1. The fraction of sp³-hybridized carbons (Fsp3) is 0.182. The van der Waals surface area contributed by atoms with Gasteiger partial charge < -0.3 is 10.5 Å². The third-order valence-electron chi connectivity index (χ3n) is 2.11. The molecule has 4 heteroatoms. The van der Waals surface area contributed by atoms with Crippen molar-refractivity contribution in [3.05, 3.63) is 35.3 Å². The van der Waals surface area contributed by atoms with Gasteiger partial charge in [0.1, 0.15) is 10.7 Å². The van der Waals surface area contributed by atoms with E-state index in [0.717, 1.165) is 21.8 Å². The van der Waals surface area contributed by atoms with Crippen molar-refractivity contribution in [3.63, 3.8) is 0 Å². The van der Waals surface area contributed by atoms with Crippen LogP contribution < -0.4 is 5.73 Å². The highest BCUT2D eigenvalue weighted by Gasteiger charge is 2.05. The number of aromatic nitrogens is 1. The van der Waals surface area contributed by atoms with Crippen molar-refractivity contribution < 1.29 is 4.74 Å². The lowest BCUT2D eigenvalue weighted by atomic mass is 10.1. The van der Waals surface area contributed by atoms with E-state index in [4.69, 9.17) is 10.5 Å². The molecule has 0 unspecified atom stereocenters. The van der Waals surface area contributed by atoms with Crippen molar-refractivity contribution in [2.45, 2.75) is 6.61 Å². The van der Waals surface area contributed by atoms with Gasteiger partial charge in [-0.25, -0.2) is 4.98 Å². The molecule has 15 heavy (non-hydrogen) atoms. The predicted octanol–water partition coefficient (Wildman–Crippen LogP) is 2.54. The summed E-state index contributed by atoms with van der Waals surface area (Å²) >= 11 is 1.45. The molecular weight excluding hydrogens is 208 g/mol. The molecule has 0 saturated heterocycles. The Bertz CT molecular complexity index is 453. The van der Waals surface area contributed by atoms with Gasteiger partial charge in [-0.05, 0) is 11.6 Å². The maximum Gasteiger partial charge on any atom is 0.114 e. The van der Waals surface area contributed by atoms with Gasteiger partial charge in [0.25, 0.3) is 0 Å². The van der Waals surface area contributed by atoms with Crippen LogP contribution in [0.4, 0.5) is 5.00 Å². The van der Waals surface area contributed by atoms with Gasteiger partial charge in [0.05, 0.1) is 12.1 Å². The van der Waals surface area contributed by atoms with Gasteiger partial charge in [-0.3, -0.25) is 0 Å². The number of nitrogens with zero attached hydrogens (tertiary/aromatic N) is 1.